The molecule has 0 atom stereocenters. The Bertz CT molecular complexity index is 626. The van der Waals surface area contributed by atoms with Crippen molar-refractivity contribution >= 4 is 23.4 Å². The summed E-state index contributed by atoms with van der Waals surface area (Å²) in [6, 6.07) is 7.70. The lowest BCUT2D eigenvalue weighted by molar-refractivity contribution is 0.0410. The van der Waals surface area contributed by atoms with E-state index < -0.39 is 0 Å². The van der Waals surface area contributed by atoms with Crippen LogP contribution in [0.4, 0.5) is 0 Å². The van der Waals surface area contributed by atoms with Crippen LogP contribution in [0.3, 0.4) is 0 Å². The van der Waals surface area contributed by atoms with E-state index in [1.165, 1.54) is 0 Å². The van der Waals surface area contributed by atoms with Gasteiger partial charge in [0.2, 0.25) is 5.16 Å². The minimum Gasteiger partial charge on any atom is -0.379 e. The molecule has 0 N–H and O–H groups in total. The molecule has 1 aromatic carbocycles. The monoisotopic (exact) mass is 352 g/mol. The fourth-order valence-electron chi connectivity index (χ4n) is 2.49. The van der Waals surface area contributed by atoms with Gasteiger partial charge in [-0.05, 0) is 24.3 Å². The Labute approximate surface area is 146 Å². The van der Waals surface area contributed by atoms with Gasteiger partial charge < -0.3 is 4.74 Å². The Morgan fingerprint density at radius 3 is 2.65 bits per heavy atom. The van der Waals surface area contributed by atoms with E-state index in [9.17, 15) is 0 Å². The Morgan fingerprint density at radius 2 is 1.96 bits per heavy atom. The van der Waals surface area contributed by atoms with Gasteiger partial charge in [-0.25, -0.2) is 9.67 Å². The van der Waals surface area contributed by atoms with E-state index in [4.69, 9.17) is 16.3 Å². The van der Waals surface area contributed by atoms with Gasteiger partial charge in [0.05, 0.1) is 18.9 Å². The third-order valence-electron chi connectivity index (χ3n) is 3.78. The zero-order chi connectivity index (χ0) is 16.1. The molecule has 23 heavy (non-hydrogen) atoms. The van der Waals surface area contributed by atoms with Crippen molar-refractivity contribution in [2.75, 3.05) is 38.6 Å². The largest absolute Gasteiger partial charge is 0.379 e. The van der Waals surface area contributed by atoms with Gasteiger partial charge in [-0.1, -0.05) is 30.3 Å². The number of ether oxygens (including phenoxy) is 1. The molecule has 124 valence electrons. The highest BCUT2D eigenvalue weighted by Gasteiger charge is 2.13. The van der Waals surface area contributed by atoms with E-state index in [1.54, 1.807) is 11.8 Å². The molecular weight excluding hydrogens is 332 g/mol. The van der Waals surface area contributed by atoms with E-state index in [-0.39, 0.29) is 0 Å². The predicted octanol–water partition coefficient (Wildman–Crippen LogP) is 2.91. The van der Waals surface area contributed by atoms with Gasteiger partial charge in [0.15, 0.2) is 0 Å². The van der Waals surface area contributed by atoms with Gasteiger partial charge in [-0.2, -0.15) is 0 Å². The van der Waals surface area contributed by atoms with Crippen LogP contribution in [-0.2, 0) is 11.2 Å². The first-order chi connectivity index (χ1) is 11.3. The molecule has 1 saturated heterocycles. The molecule has 0 amide bonds. The van der Waals surface area contributed by atoms with Crippen molar-refractivity contribution in [1.29, 1.82) is 0 Å². The molecule has 1 aliphatic heterocycles. The van der Waals surface area contributed by atoms with Crippen LogP contribution in [0.1, 0.15) is 12.7 Å². The maximum atomic E-state index is 5.96. The molecule has 0 aliphatic carbocycles. The highest BCUT2D eigenvalue weighted by atomic mass is 35.5. The number of thioether (sulfide) groups is 1. The first-order valence-corrected chi connectivity index (χ1v) is 9.27. The van der Waals surface area contributed by atoms with Gasteiger partial charge in [-0.15, -0.1) is 5.10 Å². The van der Waals surface area contributed by atoms with Crippen LogP contribution >= 0.6 is 23.4 Å². The first-order valence-electron chi connectivity index (χ1n) is 7.91. The Hall–Kier alpha value is -1.08. The van der Waals surface area contributed by atoms with Crippen molar-refractivity contribution in [3.63, 3.8) is 0 Å². The van der Waals surface area contributed by atoms with Gasteiger partial charge >= 0.3 is 0 Å². The second kappa shape index (κ2) is 8.15. The number of aryl methyl sites for hydroxylation is 1. The average molecular weight is 353 g/mol. The fourth-order valence-corrected chi connectivity index (χ4v) is 3.46. The minimum atomic E-state index is 0.729. The maximum absolute atomic E-state index is 5.96. The van der Waals surface area contributed by atoms with Gasteiger partial charge in [0, 0.05) is 36.8 Å². The lowest BCUT2D eigenvalue weighted by Gasteiger charge is -2.25. The summed E-state index contributed by atoms with van der Waals surface area (Å²) >= 11 is 7.67. The zero-order valence-electron chi connectivity index (χ0n) is 13.2. The third kappa shape index (κ3) is 4.47. The molecule has 0 unspecified atom stereocenters. The van der Waals surface area contributed by atoms with Crippen molar-refractivity contribution in [2.24, 2.45) is 0 Å². The number of nitrogens with zero attached hydrogens (tertiary/aromatic N) is 4. The van der Waals surface area contributed by atoms with E-state index >= 15 is 0 Å². The molecule has 0 bridgehead atoms. The van der Waals surface area contributed by atoms with Crippen LogP contribution in [0.15, 0.2) is 29.4 Å². The van der Waals surface area contributed by atoms with Crippen molar-refractivity contribution in [3.8, 4) is 5.69 Å². The Morgan fingerprint density at radius 1 is 1.22 bits per heavy atom. The number of hydrogen-bond acceptors (Lipinski definition) is 5. The summed E-state index contributed by atoms with van der Waals surface area (Å²) in [6.45, 7) is 6.87. The van der Waals surface area contributed by atoms with Crippen LogP contribution in [-0.4, -0.2) is 58.3 Å². The SMILES string of the molecule is CCc1nc(SCCN2CCOCC2)nn1-c1ccc(Cl)cc1. The van der Waals surface area contributed by atoms with Crippen LogP contribution in [0.25, 0.3) is 5.69 Å². The molecule has 0 radical (unpaired) electrons. The number of rotatable bonds is 6. The summed E-state index contributed by atoms with van der Waals surface area (Å²) in [7, 11) is 0. The summed E-state index contributed by atoms with van der Waals surface area (Å²) < 4.78 is 7.28. The highest BCUT2D eigenvalue weighted by Crippen LogP contribution is 2.19. The quantitative estimate of drug-likeness (QED) is 0.748. The van der Waals surface area contributed by atoms with Gasteiger partial charge in [0.25, 0.3) is 0 Å². The smallest absolute Gasteiger partial charge is 0.209 e. The second-order valence-corrected chi connectivity index (χ2v) is 6.85. The minimum absolute atomic E-state index is 0.729. The summed E-state index contributed by atoms with van der Waals surface area (Å²) in [5.41, 5.74) is 0.999. The standard InChI is InChI=1S/C16H21ClN4OS/c1-2-15-18-16(23-12-9-20-7-10-22-11-8-20)19-21(15)14-5-3-13(17)4-6-14/h3-6H,2,7-12H2,1H3. The molecule has 0 spiro atoms. The van der Waals surface area contributed by atoms with Gasteiger partial charge in [-0.3, -0.25) is 4.90 Å². The maximum Gasteiger partial charge on any atom is 0.209 e. The lowest BCUT2D eigenvalue weighted by atomic mass is 10.3. The summed E-state index contributed by atoms with van der Waals surface area (Å²) in [4.78, 5) is 7.07. The number of hydrogen-bond donors (Lipinski definition) is 0. The topological polar surface area (TPSA) is 43.2 Å². The van der Waals surface area contributed by atoms with E-state index in [0.717, 1.165) is 66.7 Å². The Balaban J connectivity index is 1.63. The lowest BCUT2D eigenvalue weighted by Crippen LogP contribution is -2.37. The summed E-state index contributed by atoms with van der Waals surface area (Å²) in [6.07, 6.45) is 0.847. The van der Waals surface area contributed by atoms with E-state index in [2.05, 4.69) is 21.9 Å². The van der Waals surface area contributed by atoms with Crippen molar-refractivity contribution in [2.45, 2.75) is 18.5 Å². The summed E-state index contributed by atoms with van der Waals surface area (Å²) in [5, 5.41) is 6.21. The molecule has 5 nitrogen and oxygen atoms in total. The highest BCUT2D eigenvalue weighted by molar-refractivity contribution is 7.99. The third-order valence-corrected chi connectivity index (χ3v) is 4.85. The zero-order valence-corrected chi connectivity index (χ0v) is 14.8. The molecule has 3 rings (SSSR count). The molecule has 1 aromatic heterocycles. The molecule has 1 fully saturated rings. The number of halogens is 1. The Kier molecular flexibility index (Phi) is 5.94. The second-order valence-electron chi connectivity index (χ2n) is 5.35. The van der Waals surface area contributed by atoms with Gasteiger partial charge in [0.1, 0.15) is 5.82 Å². The number of benzene rings is 1. The van der Waals surface area contributed by atoms with Crippen molar-refractivity contribution < 1.29 is 4.74 Å². The molecule has 2 heterocycles. The molecule has 0 saturated carbocycles. The van der Waals surface area contributed by atoms with Crippen LogP contribution in [0, 0.1) is 0 Å². The predicted molar refractivity (Wildman–Crippen MR) is 93.7 cm³/mol. The van der Waals surface area contributed by atoms with Crippen molar-refractivity contribution in [1.82, 2.24) is 19.7 Å². The first kappa shape index (κ1) is 16.8. The van der Waals surface area contributed by atoms with Crippen LogP contribution in [0.5, 0.6) is 0 Å². The molecule has 7 heteroatoms. The summed E-state index contributed by atoms with van der Waals surface area (Å²) in [5.74, 6) is 1.97. The average Bonchev–Trinajstić information content (AvgIpc) is 3.00. The fraction of sp³-hybridized carbons (Fsp3) is 0.500. The van der Waals surface area contributed by atoms with Crippen LogP contribution < -0.4 is 0 Å². The van der Waals surface area contributed by atoms with E-state index in [1.807, 2.05) is 28.9 Å². The number of aromatic nitrogens is 3. The normalized spacial score (nSPS) is 15.9. The van der Waals surface area contributed by atoms with Crippen LogP contribution in [0.2, 0.25) is 5.02 Å². The van der Waals surface area contributed by atoms with E-state index in [0.29, 0.717) is 0 Å². The molecule has 1 aliphatic rings. The van der Waals surface area contributed by atoms with Crippen molar-refractivity contribution in [3.05, 3.63) is 35.1 Å². The molecular formula is C16H21ClN4OS. The molecule has 2 aromatic rings. The number of morpholine rings is 1.